The van der Waals surface area contributed by atoms with Gasteiger partial charge in [-0.25, -0.2) is 9.37 Å². The van der Waals surface area contributed by atoms with Gasteiger partial charge < -0.3 is 15.4 Å². The van der Waals surface area contributed by atoms with Crippen LogP contribution in [0, 0.1) is 12.7 Å². The molecule has 0 aliphatic heterocycles. The predicted octanol–water partition coefficient (Wildman–Crippen LogP) is 4.64. The van der Waals surface area contributed by atoms with Crippen LogP contribution < -0.4 is 15.4 Å². The van der Waals surface area contributed by atoms with E-state index in [2.05, 4.69) is 15.6 Å². The molecule has 172 valence electrons. The first-order chi connectivity index (χ1) is 16.0. The van der Waals surface area contributed by atoms with Crippen LogP contribution in [0.3, 0.4) is 0 Å². The van der Waals surface area contributed by atoms with E-state index in [-0.39, 0.29) is 29.7 Å². The number of thiazole rings is 1. The zero-order valence-corrected chi connectivity index (χ0v) is 19.2. The van der Waals surface area contributed by atoms with Crippen LogP contribution in [0.2, 0.25) is 0 Å². The number of carbonyl (C=O) groups is 2. The summed E-state index contributed by atoms with van der Waals surface area (Å²) in [5.74, 6) is -0.170. The van der Waals surface area contributed by atoms with E-state index in [9.17, 15) is 14.0 Å². The molecule has 1 fully saturated rings. The molecule has 3 aromatic rings. The molecule has 0 bridgehead atoms. The number of hydrogen-bond acceptors (Lipinski definition) is 5. The summed E-state index contributed by atoms with van der Waals surface area (Å²) in [6, 6.07) is 12.8. The molecule has 4 rings (SSSR count). The van der Waals surface area contributed by atoms with E-state index in [4.69, 9.17) is 4.74 Å². The standard InChI is InChI=1S/C25H26FN3O3S/c1-16-6-12-19(13-7-16)32-14-23-27-22(15-33-23)25(31)29-21-5-3-2-4-20(21)28-24(30)17-8-10-18(26)11-9-17/h6-13,15,20-21H,2-5,14H2,1H3,(H,28,30)(H,29,31)/t20-,21+/m1/s1. The average molecular weight is 468 g/mol. The van der Waals surface area contributed by atoms with E-state index in [1.54, 1.807) is 5.38 Å². The van der Waals surface area contributed by atoms with Gasteiger partial charge in [-0.3, -0.25) is 9.59 Å². The number of amides is 2. The van der Waals surface area contributed by atoms with Crippen LogP contribution in [0.4, 0.5) is 4.39 Å². The molecule has 2 amide bonds. The van der Waals surface area contributed by atoms with Crippen molar-refractivity contribution in [3.05, 3.63) is 81.6 Å². The molecule has 0 radical (unpaired) electrons. The van der Waals surface area contributed by atoms with Gasteiger partial charge in [-0.15, -0.1) is 11.3 Å². The van der Waals surface area contributed by atoms with Crippen molar-refractivity contribution in [1.29, 1.82) is 0 Å². The number of nitrogens with zero attached hydrogens (tertiary/aromatic N) is 1. The Kier molecular flexibility index (Phi) is 7.34. The number of hydrogen-bond donors (Lipinski definition) is 2. The Hall–Kier alpha value is -3.26. The summed E-state index contributed by atoms with van der Waals surface area (Å²) in [5, 5.41) is 8.46. The van der Waals surface area contributed by atoms with Crippen molar-refractivity contribution in [1.82, 2.24) is 15.6 Å². The van der Waals surface area contributed by atoms with Crippen molar-refractivity contribution < 1.29 is 18.7 Å². The van der Waals surface area contributed by atoms with Gasteiger partial charge in [0.15, 0.2) is 0 Å². The lowest BCUT2D eigenvalue weighted by Gasteiger charge is -2.32. The normalized spacial score (nSPS) is 17.9. The fourth-order valence-electron chi connectivity index (χ4n) is 3.83. The van der Waals surface area contributed by atoms with Crippen LogP contribution in [0.5, 0.6) is 5.75 Å². The molecule has 6 nitrogen and oxygen atoms in total. The van der Waals surface area contributed by atoms with Crippen molar-refractivity contribution in [3.8, 4) is 5.75 Å². The minimum Gasteiger partial charge on any atom is -0.486 e. The summed E-state index contributed by atoms with van der Waals surface area (Å²) in [6.45, 7) is 2.31. The van der Waals surface area contributed by atoms with Crippen LogP contribution in [-0.4, -0.2) is 28.9 Å². The highest BCUT2D eigenvalue weighted by Gasteiger charge is 2.29. The van der Waals surface area contributed by atoms with Gasteiger partial charge in [-0.2, -0.15) is 0 Å². The number of benzene rings is 2. The van der Waals surface area contributed by atoms with Crippen molar-refractivity contribution in [2.45, 2.75) is 51.3 Å². The van der Waals surface area contributed by atoms with Gasteiger partial charge in [0.05, 0.1) is 0 Å². The van der Waals surface area contributed by atoms with E-state index in [0.717, 1.165) is 37.0 Å². The van der Waals surface area contributed by atoms with Gasteiger partial charge in [0.25, 0.3) is 11.8 Å². The van der Waals surface area contributed by atoms with Crippen molar-refractivity contribution in [2.24, 2.45) is 0 Å². The highest BCUT2D eigenvalue weighted by Crippen LogP contribution is 2.21. The zero-order chi connectivity index (χ0) is 23.2. The molecule has 33 heavy (non-hydrogen) atoms. The lowest BCUT2D eigenvalue weighted by atomic mass is 9.90. The van der Waals surface area contributed by atoms with Gasteiger partial charge in [-0.05, 0) is 56.2 Å². The van der Waals surface area contributed by atoms with E-state index in [1.165, 1.54) is 35.6 Å². The SMILES string of the molecule is Cc1ccc(OCc2nc(C(=O)N[C@H]3CCCC[C@H]3NC(=O)c3ccc(F)cc3)cs2)cc1. The quantitative estimate of drug-likeness (QED) is 0.531. The third-order valence-corrected chi connectivity index (χ3v) is 6.50. The topological polar surface area (TPSA) is 80.3 Å². The third-order valence-electron chi connectivity index (χ3n) is 5.67. The summed E-state index contributed by atoms with van der Waals surface area (Å²) < 4.78 is 18.9. The number of nitrogens with one attached hydrogen (secondary N) is 2. The van der Waals surface area contributed by atoms with Crippen molar-refractivity contribution >= 4 is 23.2 Å². The molecular weight excluding hydrogens is 441 g/mol. The van der Waals surface area contributed by atoms with E-state index < -0.39 is 0 Å². The van der Waals surface area contributed by atoms with Crippen LogP contribution in [0.15, 0.2) is 53.9 Å². The Morgan fingerprint density at radius 1 is 1.00 bits per heavy atom. The fourth-order valence-corrected chi connectivity index (χ4v) is 4.52. The summed E-state index contributed by atoms with van der Waals surface area (Å²) in [7, 11) is 0. The van der Waals surface area contributed by atoms with Gasteiger partial charge in [-0.1, -0.05) is 30.5 Å². The van der Waals surface area contributed by atoms with Crippen molar-refractivity contribution in [3.63, 3.8) is 0 Å². The summed E-state index contributed by atoms with van der Waals surface area (Å²) in [6.07, 6.45) is 3.48. The Labute approximate surface area is 196 Å². The lowest BCUT2D eigenvalue weighted by molar-refractivity contribution is 0.0860. The second-order valence-electron chi connectivity index (χ2n) is 8.18. The van der Waals surface area contributed by atoms with E-state index in [1.807, 2.05) is 31.2 Å². The van der Waals surface area contributed by atoms with Crippen LogP contribution in [-0.2, 0) is 6.61 Å². The molecule has 0 saturated heterocycles. The van der Waals surface area contributed by atoms with Crippen LogP contribution in [0.25, 0.3) is 0 Å². The number of ether oxygens (including phenoxy) is 1. The molecule has 0 unspecified atom stereocenters. The highest BCUT2D eigenvalue weighted by molar-refractivity contribution is 7.09. The number of carbonyl (C=O) groups excluding carboxylic acids is 2. The first-order valence-electron chi connectivity index (χ1n) is 11.0. The highest BCUT2D eigenvalue weighted by atomic mass is 32.1. The van der Waals surface area contributed by atoms with E-state index >= 15 is 0 Å². The maximum Gasteiger partial charge on any atom is 0.271 e. The second-order valence-corrected chi connectivity index (χ2v) is 9.12. The number of aromatic nitrogens is 1. The minimum absolute atomic E-state index is 0.190. The van der Waals surface area contributed by atoms with Gasteiger partial charge in [0.1, 0.15) is 28.9 Å². The first-order valence-corrected chi connectivity index (χ1v) is 11.9. The first kappa shape index (κ1) is 22.9. The third kappa shape index (κ3) is 6.16. The molecule has 1 aromatic heterocycles. The van der Waals surface area contributed by atoms with Gasteiger partial charge in [0.2, 0.25) is 0 Å². The Bertz CT molecular complexity index is 1100. The smallest absolute Gasteiger partial charge is 0.271 e. The Morgan fingerprint density at radius 2 is 1.64 bits per heavy atom. The number of aryl methyl sites for hydroxylation is 1. The van der Waals surface area contributed by atoms with Crippen molar-refractivity contribution in [2.75, 3.05) is 0 Å². The fraction of sp³-hybridized carbons (Fsp3) is 0.320. The van der Waals surface area contributed by atoms with Crippen LogP contribution in [0.1, 0.15) is 57.1 Å². The molecule has 2 N–H and O–H groups in total. The minimum atomic E-state index is -0.388. The molecule has 1 heterocycles. The molecule has 0 spiro atoms. The largest absolute Gasteiger partial charge is 0.486 e. The van der Waals surface area contributed by atoms with Crippen LogP contribution >= 0.6 is 11.3 Å². The molecule has 1 aliphatic carbocycles. The van der Waals surface area contributed by atoms with Gasteiger partial charge in [0, 0.05) is 23.0 Å². The van der Waals surface area contributed by atoms with E-state index in [0.29, 0.717) is 22.9 Å². The summed E-state index contributed by atoms with van der Waals surface area (Å²) in [5.41, 5.74) is 1.90. The zero-order valence-electron chi connectivity index (χ0n) is 18.3. The maximum absolute atomic E-state index is 13.1. The average Bonchev–Trinajstić information content (AvgIpc) is 3.30. The number of rotatable bonds is 7. The monoisotopic (exact) mass is 467 g/mol. The maximum atomic E-state index is 13.1. The molecule has 2 atom stereocenters. The Morgan fingerprint density at radius 3 is 2.30 bits per heavy atom. The molecule has 8 heteroatoms. The molecule has 2 aromatic carbocycles. The van der Waals surface area contributed by atoms with Gasteiger partial charge >= 0.3 is 0 Å². The Balaban J connectivity index is 1.33. The molecular formula is C25H26FN3O3S. The number of halogens is 1. The molecule has 1 saturated carbocycles. The lowest BCUT2D eigenvalue weighted by Crippen LogP contribution is -2.53. The molecule has 1 aliphatic rings. The summed E-state index contributed by atoms with van der Waals surface area (Å²) >= 11 is 1.37. The summed E-state index contributed by atoms with van der Waals surface area (Å²) in [4.78, 5) is 29.8. The second kappa shape index (κ2) is 10.6. The predicted molar refractivity (Wildman–Crippen MR) is 125 cm³/mol.